The van der Waals surface area contributed by atoms with Crippen molar-refractivity contribution >= 4 is 29.4 Å². The highest BCUT2D eigenvalue weighted by atomic mass is 32.1. The molecule has 0 unspecified atom stereocenters. The highest BCUT2D eigenvalue weighted by Crippen LogP contribution is 2.23. The number of nitrogens with zero attached hydrogens (tertiary/aromatic N) is 1. The van der Waals surface area contributed by atoms with Gasteiger partial charge in [-0.25, -0.2) is 4.98 Å². The molecule has 1 N–H and O–H groups in total. The summed E-state index contributed by atoms with van der Waals surface area (Å²) in [5.74, 6) is -0.0757. The highest BCUT2D eigenvalue weighted by molar-refractivity contribution is 7.10. The van der Waals surface area contributed by atoms with Crippen molar-refractivity contribution in [1.29, 1.82) is 0 Å². The topological polar surface area (TPSA) is 42.0 Å². The third-order valence-corrected chi connectivity index (χ3v) is 4.50. The molecule has 0 saturated heterocycles. The molecule has 1 amide bonds. The van der Waals surface area contributed by atoms with E-state index < -0.39 is 0 Å². The number of amides is 1. The summed E-state index contributed by atoms with van der Waals surface area (Å²) in [6.07, 6.45) is 4.00. The maximum absolute atomic E-state index is 11.5. The summed E-state index contributed by atoms with van der Waals surface area (Å²) in [5, 5.41) is 5.64. The van der Waals surface area contributed by atoms with Crippen LogP contribution in [0.5, 0.6) is 0 Å². The molecule has 2 aromatic carbocycles. The fourth-order valence-corrected chi connectivity index (χ4v) is 3.00. The Hall–Kier alpha value is -2.72. The Morgan fingerprint density at radius 3 is 2.42 bits per heavy atom. The van der Waals surface area contributed by atoms with E-state index in [1.165, 1.54) is 5.56 Å². The molecule has 1 heterocycles. The monoisotopic (exact) mass is 334 g/mol. The minimum Gasteiger partial charge on any atom is -0.355 e. The molecule has 0 bridgehead atoms. The van der Waals surface area contributed by atoms with Crippen LogP contribution in [0.2, 0.25) is 0 Å². The normalized spacial score (nSPS) is 10.9. The fourth-order valence-electron chi connectivity index (χ4n) is 2.28. The van der Waals surface area contributed by atoms with Crippen molar-refractivity contribution in [3.8, 4) is 11.3 Å². The first-order valence-corrected chi connectivity index (χ1v) is 8.56. The van der Waals surface area contributed by atoms with Crippen molar-refractivity contribution in [3.05, 3.63) is 75.6 Å². The van der Waals surface area contributed by atoms with Crippen LogP contribution in [0.3, 0.4) is 0 Å². The predicted octanol–water partition coefficient (Wildman–Crippen LogP) is 4.65. The molecule has 3 aromatic rings. The second kappa shape index (κ2) is 7.23. The van der Waals surface area contributed by atoms with Gasteiger partial charge in [0.2, 0.25) is 0 Å². The molecular formula is C20H18N2OS. The van der Waals surface area contributed by atoms with Crippen LogP contribution >= 0.6 is 11.3 Å². The number of benzene rings is 2. The van der Waals surface area contributed by atoms with Crippen LogP contribution in [-0.4, -0.2) is 17.9 Å². The number of thiazole rings is 1. The third-order valence-electron chi connectivity index (χ3n) is 3.69. The fraction of sp³-hybridized carbons (Fsp3) is 0.100. The third kappa shape index (κ3) is 3.78. The quantitative estimate of drug-likeness (QED) is 0.754. The summed E-state index contributed by atoms with van der Waals surface area (Å²) in [4.78, 5) is 16.2. The second-order valence-corrected chi connectivity index (χ2v) is 6.36. The molecule has 0 aliphatic rings. The average Bonchev–Trinajstić information content (AvgIpc) is 3.09. The maximum Gasteiger partial charge on any atom is 0.251 e. The summed E-state index contributed by atoms with van der Waals surface area (Å²) in [7, 11) is 1.63. The number of aromatic nitrogens is 1. The zero-order chi connectivity index (χ0) is 16.9. The number of carbonyl (C=O) groups excluding carboxylic acids is 1. The molecule has 0 aliphatic heterocycles. The Labute approximate surface area is 145 Å². The van der Waals surface area contributed by atoms with Crippen LogP contribution in [-0.2, 0) is 0 Å². The molecule has 0 atom stereocenters. The van der Waals surface area contributed by atoms with Crippen molar-refractivity contribution in [3.63, 3.8) is 0 Å². The van der Waals surface area contributed by atoms with Gasteiger partial charge in [-0.15, -0.1) is 11.3 Å². The molecular weight excluding hydrogens is 316 g/mol. The van der Waals surface area contributed by atoms with E-state index >= 15 is 0 Å². The number of aryl methyl sites for hydroxylation is 1. The molecule has 0 saturated carbocycles. The number of carbonyl (C=O) groups is 1. The van der Waals surface area contributed by atoms with Crippen LogP contribution in [0, 0.1) is 6.92 Å². The zero-order valence-corrected chi connectivity index (χ0v) is 14.4. The van der Waals surface area contributed by atoms with Gasteiger partial charge in [-0.05, 0) is 30.7 Å². The van der Waals surface area contributed by atoms with Crippen molar-refractivity contribution in [1.82, 2.24) is 10.3 Å². The van der Waals surface area contributed by atoms with Gasteiger partial charge in [-0.1, -0.05) is 48.0 Å². The van der Waals surface area contributed by atoms with Crippen LogP contribution in [0.15, 0.2) is 53.9 Å². The lowest BCUT2D eigenvalue weighted by Crippen LogP contribution is -2.17. The maximum atomic E-state index is 11.5. The molecule has 24 heavy (non-hydrogen) atoms. The van der Waals surface area contributed by atoms with Gasteiger partial charge in [0, 0.05) is 23.6 Å². The van der Waals surface area contributed by atoms with Crippen LogP contribution in [0.4, 0.5) is 0 Å². The van der Waals surface area contributed by atoms with E-state index in [9.17, 15) is 4.79 Å². The summed E-state index contributed by atoms with van der Waals surface area (Å²) < 4.78 is 0. The molecule has 0 fully saturated rings. The Morgan fingerprint density at radius 1 is 1.04 bits per heavy atom. The van der Waals surface area contributed by atoms with Gasteiger partial charge in [0.05, 0.1) is 5.69 Å². The lowest BCUT2D eigenvalue weighted by molar-refractivity contribution is 0.0963. The first kappa shape index (κ1) is 16.1. The highest BCUT2D eigenvalue weighted by Gasteiger charge is 2.03. The minimum absolute atomic E-state index is 0.0757. The van der Waals surface area contributed by atoms with Crippen molar-refractivity contribution in [2.75, 3.05) is 7.05 Å². The molecule has 1 aromatic heterocycles. The van der Waals surface area contributed by atoms with Crippen molar-refractivity contribution < 1.29 is 4.79 Å². The molecule has 0 aliphatic carbocycles. The first-order valence-electron chi connectivity index (χ1n) is 7.68. The van der Waals surface area contributed by atoms with Crippen LogP contribution in [0.25, 0.3) is 23.4 Å². The minimum atomic E-state index is -0.0757. The Morgan fingerprint density at radius 2 is 1.75 bits per heavy atom. The lowest BCUT2D eigenvalue weighted by atomic mass is 10.1. The van der Waals surface area contributed by atoms with Gasteiger partial charge < -0.3 is 5.32 Å². The van der Waals surface area contributed by atoms with Crippen molar-refractivity contribution in [2.24, 2.45) is 0 Å². The number of nitrogens with one attached hydrogen (secondary N) is 1. The van der Waals surface area contributed by atoms with E-state index in [0.717, 1.165) is 21.8 Å². The van der Waals surface area contributed by atoms with Gasteiger partial charge in [-0.2, -0.15) is 0 Å². The summed E-state index contributed by atoms with van der Waals surface area (Å²) >= 11 is 1.62. The Bertz CT molecular complexity index is 861. The van der Waals surface area contributed by atoms with E-state index in [2.05, 4.69) is 46.9 Å². The smallest absolute Gasteiger partial charge is 0.251 e. The largest absolute Gasteiger partial charge is 0.355 e. The van der Waals surface area contributed by atoms with E-state index in [0.29, 0.717) is 5.56 Å². The van der Waals surface area contributed by atoms with E-state index in [1.54, 1.807) is 18.4 Å². The first-order chi connectivity index (χ1) is 11.7. The standard InChI is InChI=1S/C20H18N2OS/c1-14-3-8-16(9-4-14)18-13-24-19(22-18)12-7-15-5-10-17(11-6-15)20(23)21-2/h3-13H,1-2H3,(H,21,23)/b12-7+. The summed E-state index contributed by atoms with van der Waals surface area (Å²) in [6, 6.07) is 15.9. The average molecular weight is 334 g/mol. The number of hydrogen-bond acceptors (Lipinski definition) is 3. The predicted molar refractivity (Wildman–Crippen MR) is 101 cm³/mol. The second-order valence-electron chi connectivity index (χ2n) is 5.47. The van der Waals surface area contributed by atoms with Gasteiger partial charge in [-0.3, -0.25) is 4.79 Å². The van der Waals surface area contributed by atoms with E-state index in [-0.39, 0.29) is 5.91 Å². The molecule has 0 spiro atoms. The van der Waals surface area contributed by atoms with Crippen molar-refractivity contribution in [2.45, 2.75) is 6.92 Å². The molecule has 3 nitrogen and oxygen atoms in total. The lowest BCUT2D eigenvalue weighted by Gasteiger charge is -1.99. The van der Waals surface area contributed by atoms with E-state index in [4.69, 9.17) is 0 Å². The van der Waals surface area contributed by atoms with Gasteiger partial charge in [0.1, 0.15) is 5.01 Å². The number of hydrogen-bond donors (Lipinski definition) is 1. The zero-order valence-electron chi connectivity index (χ0n) is 13.6. The number of rotatable bonds is 4. The van der Waals surface area contributed by atoms with Gasteiger partial charge in [0.25, 0.3) is 5.91 Å². The molecule has 3 rings (SSSR count). The van der Waals surface area contributed by atoms with Gasteiger partial charge >= 0.3 is 0 Å². The van der Waals surface area contributed by atoms with Gasteiger partial charge in [0.15, 0.2) is 0 Å². The Balaban J connectivity index is 1.73. The van der Waals surface area contributed by atoms with Crippen LogP contribution < -0.4 is 5.32 Å². The Kier molecular flexibility index (Phi) is 4.87. The summed E-state index contributed by atoms with van der Waals surface area (Å²) in [6.45, 7) is 2.08. The van der Waals surface area contributed by atoms with E-state index in [1.807, 2.05) is 36.4 Å². The molecule has 4 heteroatoms. The molecule has 120 valence electrons. The van der Waals surface area contributed by atoms with Crippen LogP contribution in [0.1, 0.15) is 26.5 Å². The SMILES string of the molecule is CNC(=O)c1ccc(/C=C/c2nc(-c3ccc(C)cc3)cs2)cc1. The molecule has 0 radical (unpaired) electrons. The summed E-state index contributed by atoms with van der Waals surface area (Å²) in [5.41, 5.74) is 5.07.